The number of unbranched alkanes of at least 4 members (excludes halogenated alkanes) is 7. The van der Waals surface area contributed by atoms with Crippen molar-refractivity contribution in [2.24, 2.45) is 0 Å². The second-order valence-electron chi connectivity index (χ2n) is 6.58. The van der Waals surface area contributed by atoms with Gasteiger partial charge in [-0.2, -0.15) is 0 Å². The molecule has 0 fully saturated rings. The van der Waals surface area contributed by atoms with E-state index in [2.05, 4.69) is 6.92 Å². The Kier molecular flexibility index (Phi) is 10.5. The first-order chi connectivity index (χ1) is 12.9. The van der Waals surface area contributed by atoms with Gasteiger partial charge in [-0.05, 0) is 18.6 Å². The maximum absolute atomic E-state index is 13.7. The highest BCUT2D eigenvalue weighted by Gasteiger charge is 2.22. The molecule has 0 saturated carbocycles. The normalized spacial score (nSPS) is 10.7. The Morgan fingerprint density at radius 3 is 2.15 bits per heavy atom. The molecule has 152 valence electrons. The SMILES string of the molecule is CCCCCCCCCCOC(=O)CN(C)C(=O)c1ccc(F)c(F)c1F. The van der Waals surface area contributed by atoms with Gasteiger partial charge in [0.05, 0.1) is 12.2 Å². The summed E-state index contributed by atoms with van der Waals surface area (Å²) in [7, 11) is 1.26. The van der Waals surface area contributed by atoms with Crippen LogP contribution in [-0.4, -0.2) is 37.0 Å². The van der Waals surface area contributed by atoms with Crippen molar-refractivity contribution in [2.75, 3.05) is 20.2 Å². The average molecular weight is 387 g/mol. The first kappa shape index (κ1) is 23.0. The number of hydrogen-bond donors (Lipinski definition) is 0. The number of amides is 1. The summed E-state index contributed by atoms with van der Waals surface area (Å²) in [5.41, 5.74) is -0.632. The zero-order valence-electron chi connectivity index (χ0n) is 16.0. The van der Waals surface area contributed by atoms with Crippen LogP contribution in [0.15, 0.2) is 12.1 Å². The first-order valence-corrected chi connectivity index (χ1v) is 9.43. The highest BCUT2D eigenvalue weighted by atomic mass is 19.2. The Balaban J connectivity index is 2.28. The fourth-order valence-electron chi connectivity index (χ4n) is 2.63. The fourth-order valence-corrected chi connectivity index (χ4v) is 2.63. The summed E-state index contributed by atoms with van der Waals surface area (Å²) in [6.07, 6.45) is 8.93. The molecule has 1 aromatic rings. The van der Waals surface area contributed by atoms with Crippen LogP contribution in [0.25, 0.3) is 0 Å². The molecule has 0 aliphatic carbocycles. The molecule has 1 rings (SSSR count). The van der Waals surface area contributed by atoms with E-state index >= 15 is 0 Å². The number of likely N-dealkylation sites (N-methyl/N-ethyl adjacent to an activating group) is 1. The zero-order chi connectivity index (χ0) is 20.2. The summed E-state index contributed by atoms with van der Waals surface area (Å²) in [6.45, 7) is 2.04. The van der Waals surface area contributed by atoms with Crippen LogP contribution in [0, 0.1) is 17.5 Å². The van der Waals surface area contributed by atoms with Gasteiger partial charge in [0.15, 0.2) is 17.5 Å². The maximum atomic E-state index is 13.7. The van der Waals surface area contributed by atoms with Gasteiger partial charge >= 0.3 is 5.97 Å². The van der Waals surface area contributed by atoms with Crippen molar-refractivity contribution in [3.8, 4) is 0 Å². The Morgan fingerprint density at radius 1 is 0.926 bits per heavy atom. The van der Waals surface area contributed by atoms with E-state index in [0.29, 0.717) is 6.07 Å². The van der Waals surface area contributed by atoms with Gasteiger partial charge in [-0.1, -0.05) is 51.9 Å². The lowest BCUT2D eigenvalue weighted by atomic mass is 10.1. The van der Waals surface area contributed by atoms with E-state index < -0.39 is 41.4 Å². The van der Waals surface area contributed by atoms with E-state index in [1.165, 1.54) is 39.2 Å². The van der Waals surface area contributed by atoms with Crippen molar-refractivity contribution in [2.45, 2.75) is 58.3 Å². The minimum atomic E-state index is -1.72. The van der Waals surface area contributed by atoms with Crippen molar-refractivity contribution in [3.05, 3.63) is 35.1 Å². The molecule has 0 unspecified atom stereocenters. The molecule has 0 aliphatic heterocycles. The second kappa shape index (κ2) is 12.4. The molecule has 0 N–H and O–H groups in total. The molecule has 0 heterocycles. The number of carbonyl (C=O) groups excluding carboxylic acids is 2. The predicted octanol–water partition coefficient (Wildman–Crippen LogP) is 4.86. The van der Waals surface area contributed by atoms with E-state index in [0.717, 1.165) is 30.2 Å². The summed E-state index contributed by atoms with van der Waals surface area (Å²) < 4.78 is 44.9. The molecule has 0 atom stereocenters. The molecule has 0 aliphatic rings. The molecule has 7 heteroatoms. The van der Waals surface area contributed by atoms with Crippen LogP contribution >= 0.6 is 0 Å². The van der Waals surface area contributed by atoms with E-state index in [1.807, 2.05) is 0 Å². The molecule has 0 aromatic heterocycles. The van der Waals surface area contributed by atoms with Crippen LogP contribution in [0.2, 0.25) is 0 Å². The summed E-state index contributed by atoms with van der Waals surface area (Å²) in [4.78, 5) is 24.7. The maximum Gasteiger partial charge on any atom is 0.325 e. The summed E-state index contributed by atoms with van der Waals surface area (Å²) in [5.74, 6) is -6.21. The molecule has 0 bridgehead atoms. The topological polar surface area (TPSA) is 46.6 Å². The Bertz CT molecular complexity index is 623. The van der Waals surface area contributed by atoms with Crippen LogP contribution in [0.4, 0.5) is 13.2 Å². The van der Waals surface area contributed by atoms with Crippen LogP contribution in [-0.2, 0) is 9.53 Å². The Hall–Kier alpha value is -2.05. The van der Waals surface area contributed by atoms with Crippen molar-refractivity contribution < 1.29 is 27.5 Å². The quantitative estimate of drug-likeness (QED) is 0.292. The van der Waals surface area contributed by atoms with Crippen molar-refractivity contribution in [3.63, 3.8) is 0 Å². The van der Waals surface area contributed by atoms with Gasteiger partial charge in [-0.15, -0.1) is 0 Å². The number of carbonyl (C=O) groups is 2. The number of rotatable bonds is 12. The van der Waals surface area contributed by atoms with Crippen LogP contribution in [0.1, 0.15) is 68.6 Å². The molecular weight excluding hydrogens is 359 g/mol. The molecular formula is C20H28F3NO3. The van der Waals surface area contributed by atoms with Crippen LogP contribution in [0.3, 0.4) is 0 Å². The third kappa shape index (κ3) is 8.01. The Labute approximate surface area is 158 Å². The summed E-state index contributed by atoms with van der Waals surface area (Å²) in [5, 5.41) is 0. The standard InChI is InChI=1S/C20H28F3NO3/c1-3-4-5-6-7-8-9-10-13-27-17(25)14-24(2)20(26)15-11-12-16(21)19(23)18(15)22/h11-12H,3-10,13-14H2,1-2H3. The third-order valence-corrected chi connectivity index (χ3v) is 4.24. The van der Waals surface area contributed by atoms with E-state index in [9.17, 15) is 22.8 Å². The summed E-state index contributed by atoms with van der Waals surface area (Å²) in [6, 6.07) is 1.51. The molecule has 4 nitrogen and oxygen atoms in total. The van der Waals surface area contributed by atoms with E-state index in [-0.39, 0.29) is 6.61 Å². The van der Waals surface area contributed by atoms with Gasteiger partial charge in [-0.3, -0.25) is 9.59 Å². The van der Waals surface area contributed by atoms with Gasteiger partial charge in [0, 0.05) is 7.05 Å². The third-order valence-electron chi connectivity index (χ3n) is 4.24. The second-order valence-corrected chi connectivity index (χ2v) is 6.58. The minimum absolute atomic E-state index is 0.259. The highest BCUT2D eigenvalue weighted by Crippen LogP contribution is 2.16. The van der Waals surface area contributed by atoms with Crippen LogP contribution in [0.5, 0.6) is 0 Å². The largest absolute Gasteiger partial charge is 0.464 e. The van der Waals surface area contributed by atoms with Gasteiger partial charge in [-0.25, -0.2) is 13.2 Å². The number of nitrogens with zero attached hydrogens (tertiary/aromatic N) is 1. The van der Waals surface area contributed by atoms with Gasteiger partial charge < -0.3 is 9.64 Å². The Morgan fingerprint density at radius 2 is 1.52 bits per heavy atom. The van der Waals surface area contributed by atoms with E-state index in [4.69, 9.17) is 4.74 Å². The predicted molar refractivity (Wildman–Crippen MR) is 96.8 cm³/mol. The first-order valence-electron chi connectivity index (χ1n) is 9.43. The highest BCUT2D eigenvalue weighted by molar-refractivity contribution is 5.96. The average Bonchev–Trinajstić information content (AvgIpc) is 2.64. The number of hydrogen-bond acceptors (Lipinski definition) is 3. The van der Waals surface area contributed by atoms with Crippen molar-refractivity contribution in [1.29, 1.82) is 0 Å². The minimum Gasteiger partial charge on any atom is -0.464 e. The van der Waals surface area contributed by atoms with Crippen molar-refractivity contribution >= 4 is 11.9 Å². The van der Waals surface area contributed by atoms with Gasteiger partial charge in [0.25, 0.3) is 5.91 Å². The van der Waals surface area contributed by atoms with E-state index in [1.54, 1.807) is 0 Å². The lowest BCUT2D eigenvalue weighted by Gasteiger charge is -2.17. The van der Waals surface area contributed by atoms with Crippen LogP contribution < -0.4 is 0 Å². The number of ether oxygens (including phenoxy) is 1. The molecule has 0 saturated heterocycles. The molecule has 1 aromatic carbocycles. The molecule has 1 amide bonds. The molecule has 27 heavy (non-hydrogen) atoms. The number of benzene rings is 1. The number of esters is 1. The fraction of sp³-hybridized carbons (Fsp3) is 0.600. The molecule has 0 spiro atoms. The lowest BCUT2D eigenvalue weighted by molar-refractivity contribution is -0.144. The van der Waals surface area contributed by atoms with Gasteiger partial charge in [0.1, 0.15) is 6.54 Å². The van der Waals surface area contributed by atoms with Gasteiger partial charge in [0.2, 0.25) is 0 Å². The number of halogens is 3. The zero-order valence-corrected chi connectivity index (χ0v) is 16.0. The smallest absolute Gasteiger partial charge is 0.325 e. The summed E-state index contributed by atoms with van der Waals surface area (Å²) >= 11 is 0. The lowest BCUT2D eigenvalue weighted by Crippen LogP contribution is -2.33. The van der Waals surface area contributed by atoms with Crippen molar-refractivity contribution in [1.82, 2.24) is 4.90 Å². The molecule has 0 radical (unpaired) electrons. The monoisotopic (exact) mass is 387 g/mol.